The summed E-state index contributed by atoms with van der Waals surface area (Å²) in [6, 6.07) is 5.97. The Labute approximate surface area is 115 Å². The molecule has 1 aromatic carbocycles. The van der Waals surface area contributed by atoms with Gasteiger partial charge in [-0.25, -0.2) is 0 Å². The molecule has 0 unspecified atom stereocenters. The van der Waals surface area contributed by atoms with E-state index in [4.69, 9.17) is 4.74 Å². The largest absolute Gasteiger partial charge is 0.493 e. The number of hydrogen-bond acceptors (Lipinski definition) is 5. The third-order valence-electron chi connectivity index (χ3n) is 2.52. The van der Waals surface area contributed by atoms with Crippen molar-refractivity contribution in [2.24, 2.45) is 0 Å². The standard InChI is InChI=1S/C13H15N3O2S/c1-9-3-4-11(10(2)7-9)18-6-5-12(17)15-13-16-14-8-19-13/h3-4,7-8H,5-6H2,1-2H3,(H,15,16,17). The van der Waals surface area contributed by atoms with Crippen LogP contribution < -0.4 is 10.1 Å². The van der Waals surface area contributed by atoms with E-state index in [0.717, 1.165) is 11.3 Å². The molecule has 100 valence electrons. The van der Waals surface area contributed by atoms with E-state index in [-0.39, 0.29) is 12.3 Å². The van der Waals surface area contributed by atoms with E-state index in [1.165, 1.54) is 16.9 Å². The van der Waals surface area contributed by atoms with Gasteiger partial charge >= 0.3 is 0 Å². The molecule has 19 heavy (non-hydrogen) atoms. The zero-order valence-corrected chi connectivity index (χ0v) is 11.7. The Hall–Kier alpha value is -1.95. The Bertz CT molecular complexity index is 555. The molecule has 2 aromatic rings. The lowest BCUT2D eigenvalue weighted by molar-refractivity contribution is -0.116. The fourth-order valence-corrected chi connectivity index (χ4v) is 2.09. The summed E-state index contributed by atoms with van der Waals surface area (Å²) in [6.07, 6.45) is 0.285. The van der Waals surface area contributed by atoms with Crippen LogP contribution in [0.1, 0.15) is 17.5 Å². The molecular weight excluding hydrogens is 262 g/mol. The van der Waals surface area contributed by atoms with Crippen molar-refractivity contribution in [3.05, 3.63) is 34.8 Å². The highest BCUT2D eigenvalue weighted by Gasteiger charge is 2.06. The number of carbonyl (C=O) groups is 1. The summed E-state index contributed by atoms with van der Waals surface area (Å²) in [5.41, 5.74) is 3.84. The highest BCUT2D eigenvalue weighted by molar-refractivity contribution is 7.13. The molecule has 1 aromatic heterocycles. The Balaban J connectivity index is 1.78. The van der Waals surface area contributed by atoms with Crippen molar-refractivity contribution < 1.29 is 9.53 Å². The molecule has 0 bridgehead atoms. The summed E-state index contributed by atoms with van der Waals surface area (Å²) < 4.78 is 5.59. The number of rotatable bonds is 5. The lowest BCUT2D eigenvalue weighted by atomic mass is 10.1. The van der Waals surface area contributed by atoms with E-state index in [2.05, 4.69) is 21.6 Å². The molecule has 1 N–H and O–H groups in total. The lowest BCUT2D eigenvalue weighted by Gasteiger charge is -2.09. The van der Waals surface area contributed by atoms with Crippen molar-refractivity contribution in [2.75, 3.05) is 11.9 Å². The number of ether oxygens (including phenoxy) is 1. The quantitative estimate of drug-likeness (QED) is 0.912. The molecule has 0 radical (unpaired) electrons. The van der Waals surface area contributed by atoms with E-state index in [1.54, 1.807) is 5.51 Å². The monoisotopic (exact) mass is 277 g/mol. The second-order valence-corrected chi connectivity index (χ2v) is 4.99. The second kappa shape index (κ2) is 6.29. The van der Waals surface area contributed by atoms with Gasteiger partial charge in [0.1, 0.15) is 11.3 Å². The SMILES string of the molecule is Cc1ccc(OCCC(=O)Nc2nncs2)c(C)c1. The molecule has 0 aliphatic carbocycles. The fraction of sp³-hybridized carbons (Fsp3) is 0.308. The van der Waals surface area contributed by atoms with E-state index in [0.29, 0.717) is 11.7 Å². The van der Waals surface area contributed by atoms with E-state index in [1.807, 2.05) is 26.0 Å². The minimum absolute atomic E-state index is 0.124. The number of benzene rings is 1. The summed E-state index contributed by atoms with van der Waals surface area (Å²) in [5, 5.41) is 10.6. The molecule has 1 amide bonds. The van der Waals surface area contributed by atoms with Crippen LogP contribution in [0.3, 0.4) is 0 Å². The van der Waals surface area contributed by atoms with Gasteiger partial charge in [0.05, 0.1) is 13.0 Å². The first-order chi connectivity index (χ1) is 9.15. The summed E-state index contributed by atoms with van der Waals surface area (Å²) in [4.78, 5) is 11.6. The smallest absolute Gasteiger partial charge is 0.229 e. The molecule has 2 rings (SSSR count). The van der Waals surface area contributed by atoms with Gasteiger partial charge in [0.15, 0.2) is 0 Å². The van der Waals surface area contributed by atoms with E-state index < -0.39 is 0 Å². The third-order valence-corrected chi connectivity index (χ3v) is 3.13. The summed E-state index contributed by atoms with van der Waals surface area (Å²) >= 11 is 1.29. The topological polar surface area (TPSA) is 64.1 Å². The van der Waals surface area contributed by atoms with Crippen LogP contribution in [0.25, 0.3) is 0 Å². The van der Waals surface area contributed by atoms with Crippen LogP contribution in [0.4, 0.5) is 5.13 Å². The van der Waals surface area contributed by atoms with Gasteiger partial charge in [-0.05, 0) is 25.5 Å². The lowest BCUT2D eigenvalue weighted by Crippen LogP contribution is -2.15. The van der Waals surface area contributed by atoms with Gasteiger partial charge in [-0.15, -0.1) is 10.2 Å². The Kier molecular flexibility index (Phi) is 4.46. The third kappa shape index (κ3) is 4.03. The average molecular weight is 277 g/mol. The van der Waals surface area contributed by atoms with Crippen molar-refractivity contribution >= 4 is 22.4 Å². The van der Waals surface area contributed by atoms with Crippen LogP contribution in [0.5, 0.6) is 5.75 Å². The number of amides is 1. The zero-order chi connectivity index (χ0) is 13.7. The number of carbonyl (C=O) groups excluding carboxylic acids is 1. The molecular formula is C13H15N3O2S. The first-order valence-electron chi connectivity index (χ1n) is 5.91. The predicted molar refractivity (Wildman–Crippen MR) is 74.6 cm³/mol. The van der Waals surface area contributed by atoms with Crippen LogP contribution in [-0.2, 0) is 4.79 Å². The molecule has 0 saturated carbocycles. The van der Waals surface area contributed by atoms with Gasteiger partial charge in [0.25, 0.3) is 0 Å². The number of aromatic nitrogens is 2. The van der Waals surface area contributed by atoms with Crippen LogP contribution in [0.15, 0.2) is 23.7 Å². The highest BCUT2D eigenvalue weighted by Crippen LogP contribution is 2.18. The van der Waals surface area contributed by atoms with Crippen LogP contribution in [-0.4, -0.2) is 22.7 Å². The molecule has 0 aliphatic rings. The Morgan fingerprint density at radius 2 is 2.26 bits per heavy atom. The molecule has 0 fully saturated rings. The number of hydrogen-bond donors (Lipinski definition) is 1. The van der Waals surface area contributed by atoms with Crippen molar-refractivity contribution in [3.63, 3.8) is 0 Å². The van der Waals surface area contributed by atoms with Crippen molar-refractivity contribution in [1.29, 1.82) is 0 Å². The maximum Gasteiger partial charge on any atom is 0.229 e. The molecule has 6 heteroatoms. The zero-order valence-electron chi connectivity index (χ0n) is 10.8. The van der Waals surface area contributed by atoms with Gasteiger partial charge in [-0.1, -0.05) is 29.0 Å². The van der Waals surface area contributed by atoms with Gasteiger partial charge in [-0.2, -0.15) is 0 Å². The highest BCUT2D eigenvalue weighted by atomic mass is 32.1. The maximum atomic E-state index is 11.6. The van der Waals surface area contributed by atoms with Gasteiger partial charge < -0.3 is 10.1 Å². The van der Waals surface area contributed by atoms with Gasteiger partial charge in [-0.3, -0.25) is 4.79 Å². The molecule has 1 heterocycles. The van der Waals surface area contributed by atoms with Crippen molar-refractivity contribution in [1.82, 2.24) is 10.2 Å². The fourth-order valence-electron chi connectivity index (χ4n) is 1.62. The molecule has 0 atom stereocenters. The van der Waals surface area contributed by atoms with E-state index in [9.17, 15) is 4.79 Å². The normalized spacial score (nSPS) is 10.2. The average Bonchev–Trinajstić information content (AvgIpc) is 2.84. The van der Waals surface area contributed by atoms with Gasteiger partial charge in [0.2, 0.25) is 11.0 Å². The van der Waals surface area contributed by atoms with E-state index >= 15 is 0 Å². The predicted octanol–water partition coefficient (Wildman–Crippen LogP) is 2.56. The van der Waals surface area contributed by atoms with Crippen LogP contribution in [0.2, 0.25) is 0 Å². The molecule has 0 spiro atoms. The molecule has 5 nitrogen and oxygen atoms in total. The minimum Gasteiger partial charge on any atom is -0.493 e. The number of nitrogens with zero attached hydrogens (tertiary/aromatic N) is 2. The molecule has 0 saturated heterocycles. The minimum atomic E-state index is -0.124. The molecule has 0 aliphatic heterocycles. The Morgan fingerprint density at radius 1 is 1.42 bits per heavy atom. The van der Waals surface area contributed by atoms with Crippen LogP contribution >= 0.6 is 11.3 Å². The number of aryl methyl sites for hydroxylation is 2. The number of anilines is 1. The Morgan fingerprint density at radius 3 is 2.95 bits per heavy atom. The van der Waals surface area contributed by atoms with Gasteiger partial charge in [0, 0.05) is 0 Å². The second-order valence-electron chi connectivity index (χ2n) is 4.16. The first kappa shape index (κ1) is 13.5. The summed E-state index contributed by atoms with van der Waals surface area (Å²) in [5.74, 6) is 0.691. The van der Waals surface area contributed by atoms with Crippen molar-refractivity contribution in [2.45, 2.75) is 20.3 Å². The number of nitrogens with one attached hydrogen (secondary N) is 1. The maximum absolute atomic E-state index is 11.6. The first-order valence-corrected chi connectivity index (χ1v) is 6.79. The summed E-state index contributed by atoms with van der Waals surface area (Å²) in [7, 11) is 0. The van der Waals surface area contributed by atoms with Crippen LogP contribution in [0, 0.1) is 13.8 Å². The van der Waals surface area contributed by atoms with Crippen molar-refractivity contribution in [3.8, 4) is 5.75 Å². The summed E-state index contributed by atoms with van der Waals surface area (Å²) in [6.45, 7) is 4.37.